The molecule has 0 saturated carbocycles. The summed E-state index contributed by atoms with van der Waals surface area (Å²) in [7, 11) is 0. The molecule has 0 aliphatic carbocycles. The van der Waals surface area contributed by atoms with Crippen molar-refractivity contribution in [1.82, 2.24) is 15.0 Å². The molecule has 2 aromatic carbocycles. The number of halogens is 2. The van der Waals surface area contributed by atoms with Crippen molar-refractivity contribution in [3.8, 4) is 10.6 Å². The van der Waals surface area contributed by atoms with Crippen molar-refractivity contribution in [3.05, 3.63) is 76.7 Å². The van der Waals surface area contributed by atoms with E-state index in [1.54, 1.807) is 30.6 Å². The van der Waals surface area contributed by atoms with E-state index in [0.717, 1.165) is 26.2 Å². The van der Waals surface area contributed by atoms with E-state index in [2.05, 4.69) is 20.3 Å². The summed E-state index contributed by atoms with van der Waals surface area (Å²) in [4.78, 5) is 24.8. The van der Waals surface area contributed by atoms with Crippen LogP contribution in [-0.2, 0) is 0 Å². The molecule has 0 aliphatic heterocycles. The number of benzene rings is 2. The van der Waals surface area contributed by atoms with Gasteiger partial charge in [0, 0.05) is 33.9 Å². The number of nitrogens with one attached hydrogen (secondary N) is 2. The van der Waals surface area contributed by atoms with Gasteiger partial charge in [-0.1, -0.05) is 35.3 Å². The standard InChI is InChI=1S/C21H12Cl2N4OS/c22-11-7-14(23)13-9-18(25-17(13)8-11)20(28)26-15-4-2-1-3-12(15)21-27-16-5-6-24-10-19(16)29-21/h1-10,25H,(H,26,28). The molecule has 5 rings (SSSR count). The number of carbonyl (C=O) groups is 1. The van der Waals surface area contributed by atoms with Crippen LogP contribution in [0.3, 0.4) is 0 Å². The highest BCUT2D eigenvalue weighted by atomic mass is 35.5. The van der Waals surface area contributed by atoms with E-state index >= 15 is 0 Å². The fourth-order valence-electron chi connectivity index (χ4n) is 3.15. The summed E-state index contributed by atoms with van der Waals surface area (Å²) in [5.74, 6) is -0.274. The van der Waals surface area contributed by atoms with Crippen molar-refractivity contribution in [2.75, 3.05) is 5.32 Å². The number of thiazole rings is 1. The highest BCUT2D eigenvalue weighted by Gasteiger charge is 2.16. The number of aromatic amines is 1. The number of amides is 1. The Morgan fingerprint density at radius 3 is 2.83 bits per heavy atom. The number of aromatic nitrogens is 3. The zero-order valence-corrected chi connectivity index (χ0v) is 17.1. The zero-order valence-electron chi connectivity index (χ0n) is 14.7. The molecule has 8 heteroatoms. The number of fused-ring (bicyclic) bond motifs is 2. The summed E-state index contributed by atoms with van der Waals surface area (Å²) in [5, 5.41) is 5.53. The Morgan fingerprint density at radius 1 is 1.10 bits per heavy atom. The lowest BCUT2D eigenvalue weighted by Gasteiger charge is -2.08. The predicted molar refractivity (Wildman–Crippen MR) is 119 cm³/mol. The molecular weight excluding hydrogens is 427 g/mol. The molecule has 0 unspecified atom stereocenters. The minimum absolute atomic E-state index is 0.274. The third-order valence-corrected chi connectivity index (χ3v) is 6.06. The number of nitrogens with zero attached hydrogens (tertiary/aromatic N) is 2. The molecule has 0 saturated heterocycles. The first kappa shape index (κ1) is 18.1. The van der Waals surface area contributed by atoms with Crippen molar-refractivity contribution in [2.24, 2.45) is 0 Å². The van der Waals surface area contributed by atoms with Gasteiger partial charge in [-0.15, -0.1) is 11.3 Å². The van der Waals surface area contributed by atoms with Crippen LogP contribution in [0.15, 0.2) is 60.9 Å². The van der Waals surface area contributed by atoms with E-state index in [1.807, 2.05) is 30.3 Å². The molecule has 0 radical (unpaired) electrons. The smallest absolute Gasteiger partial charge is 0.272 e. The highest BCUT2D eigenvalue weighted by Crippen LogP contribution is 2.34. The first-order valence-electron chi connectivity index (χ1n) is 8.67. The fourth-order valence-corrected chi connectivity index (χ4v) is 4.67. The second-order valence-electron chi connectivity index (χ2n) is 6.39. The number of hydrogen-bond donors (Lipinski definition) is 2. The Kier molecular flexibility index (Phi) is 4.47. The van der Waals surface area contributed by atoms with Gasteiger partial charge in [0.05, 0.1) is 20.9 Å². The lowest BCUT2D eigenvalue weighted by molar-refractivity contribution is 0.102. The second-order valence-corrected chi connectivity index (χ2v) is 8.27. The average Bonchev–Trinajstić information content (AvgIpc) is 3.32. The minimum atomic E-state index is -0.274. The molecule has 0 fully saturated rings. The van der Waals surface area contributed by atoms with Gasteiger partial charge >= 0.3 is 0 Å². The predicted octanol–water partition coefficient (Wildman–Crippen LogP) is 6.40. The second kappa shape index (κ2) is 7.15. The van der Waals surface area contributed by atoms with Crippen LogP contribution in [0.1, 0.15) is 10.5 Å². The normalized spacial score (nSPS) is 11.2. The van der Waals surface area contributed by atoms with Crippen molar-refractivity contribution in [2.45, 2.75) is 0 Å². The van der Waals surface area contributed by atoms with Crippen LogP contribution in [0.5, 0.6) is 0 Å². The summed E-state index contributed by atoms with van der Waals surface area (Å²) in [6.45, 7) is 0. The Bertz CT molecular complexity index is 1360. The lowest BCUT2D eigenvalue weighted by Crippen LogP contribution is -2.12. The molecule has 0 aliphatic rings. The maximum atomic E-state index is 12.9. The number of hydrogen-bond acceptors (Lipinski definition) is 4. The van der Waals surface area contributed by atoms with Crippen LogP contribution in [0.4, 0.5) is 5.69 Å². The Labute approximate surface area is 179 Å². The van der Waals surface area contributed by atoms with Gasteiger partial charge in [-0.2, -0.15) is 0 Å². The third-order valence-electron chi connectivity index (χ3n) is 4.49. The van der Waals surface area contributed by atoms with Gasteiger partial charge in [0.1, 0.15) is 10.7 Å². The van der Waals surface area contributed by atoms with E-state index in [1.165, 1.54) is 11.3 Å². The largest absolute Gasteiger partial charge is 0.350 e. The third kappa shape index (κ3) is 3.35. The van der Waals surface area contributed by atoms with Crippen LogP contribution >= 0.6 is 34.5 Å². The van der Waals surface area contributed by atoms with Crippen LogP contribution in [-0.4, -0.2) is 20.9 Å². The van der Waals surface area contributed by atoms with Crippen LogP contribution in [0, 0.1) is 0 Å². The van der Waals surface area contributed by atoms with Crippen LogP contribution in [0.25, 0.3) is 31.7 Å². The molecule has 5 nitrogen and oxygen atoms in total. The molecular formula is C21H12Cl2N4OS. The average molecular weight is 439 g/mol. The first-order chi connectivity index (χ1) is 14.1. The summed E-state index contributed by atoms with van der Waals surface area (Å²) in [6.07, 6.45) is 3.50. The van der Waals surface area contributed by atoms with E-state index < -0.39 is 0 Å². The number of pyridine rings is 1. The Hall–Kier alpha value is -2.93. The van der Waals surface area contributed by atoms with E-state index in [4.69, 9.17) is 23.2 Å². The van der Waals surface area contributed by atoms with E-state index in [-0.39, 0.29) is 5.91 Å². The number of H-pyrrole nitrogens is 1. The van der Waals surface area contributed by atoms with Gasteiger partial charge in [0.15, 0.2) is 0 Å². The molecule has 0 bridgehead atoms. The summed E-state index contributed by atoms with van der Waals surface area (Å²) >= 11 is 13.8. The van der Waals surface area contributed by atoms with E-state index in [0.29, 0.717) is 26.9 Å². The van der Waals surface area contributed by atoms with Gasteiger partial charge in [-0.05, 0) is 36.4 Å². The summed E-state index contributed by atoms with van der Waals surface area (Å²) in [6, 6.07) is 14.6. The number of rotatable bonds is 3. The maximum Gasteiger partial charge on any atom is 0.272 e. The molecule has 0 atom stereocenters. The molecule has 3 aromatic heterocycles. The van der Waals surface area contributed by atoms with Crippen molar-refractivity contribution < 1.29 is 4.79 Å². The summed E-state index contributed by atoms with van der Waals surface area (Å²) in [5.41, 5.74) is 3.50. The van der Waals surface area contributed by atoms with Gasteiger partial charge in [-0.3, -0.25) is 9.78 Å². The van der Waals surface area contributed by atoms with Crippen LogP contribution in [0.2, 0.25) is 10.0 Å². The van der Waals surface area contributed by atoms with Crippen molar-refractivity contribution in [3.63, 3.8) is 0 Å². The molecule has 3 heterocycles. The number of para-hydroxylation sites is 1. The maximum absolute atomic E-state index is 12.9. The van der Waals surface area contributed by atoms with Gasteiger partial charge in [-0.25, -0.2) is 4.98 Å². The van der Waals surface area contributed by atoms with Gasteiger partial charge in [0.2, 0.25) is 0 Å². The minimum Gasteiger partial charge on any atom is -0.350 e. The van der Waals surface area contributed by atoms with Crippen molar-refractivity contribution in [1.29, 1.82) is 0 Å². The topological polar surface area (TPSA) is 70.7 Å². The van der Waals surface area contributed by atoms with Gasteiger partial charge in [0.25, 0.3) is 5.91 Å². The molecule has 0 spiro atoms. The Balaban J connectivity index is 1.51. The molecule has 2 N–H and O–H groups in total. The fraction of sp³-hybridized carbons (Fsp3) is 0. The van der Waals surface area contributed by atoms with E-state index in [9.17, 15) is 4.79 Å². The molecule has 29 heavy (non-hydrogen) atoms. The Morgan fingerprint density at radius 2 is 1.97 bits per heavy atom. The summed E-state index contributed by atoms with van der Waals surface area (Å²) < 4.78 is 0.991. The lowest BCUT2D eigenvalue weighted by atomic mass is 10.2. The molecule has 5 aromatic rings. The van der Waals surface area contributed by atoms with Gasteiger partial charge < -0.3 is 10.3 Å². The monoisotopic (exact) mass is 438 g/mol. The molecule has 142 valence electrons. The highest BCUT2D eigenvalue weighted by molar-refractivity contribution is 7.21. The quantitative estimate of drug-likeness (QED) is 0.342. The zero-order chi connectivity index (χ0) is 20.0. The first-order valence-corrected chi connectivity index (χ1v) is 10.2. The molecule has 1 amide bonds. The number of anilines is 1. The SMILES string of the molecule is O=C(Nc1ccccc1-c1nc2ccncc2s1)c1cc2c(Cl)cc(Cl)cc2[nH]1. The van der Waals surface area contributed by atoms with Crippen molar-refractivity contribution >= 4 is 67.3 Å². The number of carbonyl (C=O) groups excluding carboxylic acids is 1. The van der Waals surface area contributed by atoms with Crippen LogP contribution < -0.4 is 5.32 Å².